The van der Waals surface area contributed by atoms with Crippen molar-refractivity contribution in [3.05, 3.63) is 0 Å². The number of Topliss-reactive ketones (excluding diaryl/α,β-unsaturated/α-hetero) is 1. The van der Waals surface area contributed by atoms with Crippen LogP contribution in [0, 0.1) is 11.8 Å². The number of likely N-dealkylation sites (N-methyl/N-ethyl adjacent to an activating group) is 2. The van der Waals surface area contributed by atoms with Crippen LogP contribution in [0.2, 0.25) is 0 Å². The SMILES string of the molecule is CCOC(=O)C1CCC(OC[C@@H]2CC(=O)CN2C)CC1.CCOC(=O)C1CCC(OC[C@@H]2C[C@@H](O)CN2C)CC1. The molecular weight excluding hydrogens is 516 g/mol. The summed E-state index contributed by atoms with van der Waals surface area (Å²) in [5.74, 6) is 0.292. The van der Waals surface area contributed by atoms with Crippen molar-refractivity contribution < 1.29 is 38.4 Å². The lowest BCUT2D eigenvalue weighted by Crippen LogP contribution is -2.33. The summed E-state index contributed by atoms with van der Waals surface area (Å²) in [6.45, 7) is 7.20. The van der Waals surface area contributed by atoms with Crippen molar-refractivity contribution in [1.29, 1.82) is 0 Å². The molecule has 4 aliphatic rings. The van der Waals surface area contributed by atoms with Crippen LogP contribution in [0.1, 0.15) is 78.1 Å². The number of aliphatic hydroxyl groups excluding tert-OH is 1. The van der Waals surface area contributed by atoms with E-state index in [4.69, 9.17) is 18.9 Å². The molecule has 3 atom stereocenters. The Morgan fingerprint density at radius 1 is 0.775 bits per heavy atom. The maximum absolute atomic E-state index is 11.7. The van der Waals surface area contributed by atoms with Crippen LogP contribution in [-0.4, -0.2) is 117 Å². The first kappa shape index (κ1) is 32.9. The van der Waals surface area contributed by atoms with Gasteiger partial charge in [0.2, 0.25) is 0 Å². The molecule has 0 radical (unpaired) electrons. The minimum atomic E-state index is -0.215. The monoisotopic (exact) mass is 568 g/mol. The van der Waals surface area contributed by atoms with Crippen LogP contribution in [0.25, 0.3) is 0 Å². The van der Waals surface area contributed by atoms with Gasteiger partial charge in [-0.3, -0.25) is 24.2 Å². The van der Waals surface area contributed by atoms with E-state index in [2.05, 4.69) is 9.80 Å². The molecule has 4 rings (SSSR count). The Bertz CT molecular complexity index is 795. The number of likely N-dealkylation sites (tertiary alicyclic amines) is 2. The zero-order chi connectivity index (χ0) is 29.1. The molecule has 40 heavy (non-hydrogen) atoms. The number of esters is 2. The van der Waals surface area contributed by atoms with Crippen molar-refractivity contribution in [2.75, 3.05) is 53.6 Å². The number of hydrogen-bond donors (Lipinski definition) is 1. The molecule has 0 aromatic heterocycles. The molecule has 4 fully saturated rings. The smallest absolute Gasteiger partial charge is 0.308 e. The van der Waals surface area contributed by atoms with Crippen molar-refractivity contribution in [1.82, 2.24) is 9.80 Å². The number of carbonyl (C=O) groups is 3. The summed E-state index contributed by atoms with van der Waals surface area (Å²) in [6, 6.07) is 0.554. The maximum Gasteiger partial charge on any atom is 0.308 e. The topological polar surface area (TPSA) is 115 Å². The Labute approximate surface area is 240 Å². The first-order chi connectivity index (χ1) is 19.2. The first-order valence-electron chi connectivity index (χ1n) is 15.4. The van der Waals surface area contributed by atoms with E-state index in [1.54, 1.807) is 0 Å². The first-order valence-corrected chi connectivity index (χ1v) is 15.4. The number of nitrogens with zero attached hydrogens (tertiary/aromatic N) is 2. The van der Waals surface area contributed by atoms with E-state index >= 15 is 0 Å². The van der Waals surface area contributed by atoms with Gasteiger partial charge < -0.3 is 24.1 Å². The lowest BCUT2D eigenvalue weighted by Gasteiger charge is -2.29. The average molecular weight is 569 g/mol. The van der Waals surface area contributed by atoms with E-state index in [0.29, 0.717) is 51.2 Å². The van der Waals surface area contributed by atoms with Crippen LogP contribution < -0.4 is 0 Å². The molecule has 0 unspecified atom stereocenters. The molecule has 0 spiro atoms. The van der Waals surface area contributed by atoms with E-state index < -0.39 is 0 Å². The van der Waals surface area contributed by atoms with Crippen molar-refractivity contribution in [2.45, 2.75) is 108 Å². The van der Waals surface area contributed by atoms with Gasteiger partial charge >= 0.3 is 11.9 Å². The summed E-state index contributed by atoms with van der Waals surface area (Å²) in [6.07, 6.45) is 8.80. The van der Waals surface area contributed by atoms with Crippen LogP contribution >= 0.6 is 0 Å². The van der Waals surface area contributed by atoms with Gasteiger partial charge in [-0.1, -0.05) is 0 Å². The molecule has 2 aliphatic heterocycles. The van der Waals surface area contributed by atoms with Gasteiger partial charge in [0, 0.05) is 25.0 Å². The number of aliphatic hydroxyl groups is 1. The van der Waals surface area contributed by atoms with Crippen molar-refractivity contribution in [2.24, 2.45) is 11.8 Å². The fourth-order valence-corrected chi connectivity index (χ4v) is 6.27. The Hall–Kier alpha value is -1.59. The molecular formula is C30H52N2O8. The molecule has 2 saturated carbocycles. The van der Waals surface area contributed by atoms with Gasteiger partial charge in [-0.15, -0.1) is 0 Å². The number of rotatable bonds is 10. The molecule has 0 aromatic rings. The summed E-state index contributed by atoms with van der Waals surface area (Å²) in [5, 5.41) is 9.60. The third kappa shape index (κ3) is 10.4. The third-order valence-electron chi connectivity index (χ3n) is 8.82. The van der Waals surface area contributed by atoms with Gasteiger partial charge in [-0.2, -0.15) is 0 Å². The highest BCUT2D eigenvalue weighted by Gasteiger charge is 2.32. The number of hydrogen-bond acceptors (Lipinski definition) is 10. The third-order valence-corrected chi connectivity index (χ3v) is 8.82. The Morgan fingerprint density at radius 3 is 1.62 bits per heavy atom. The highest BCUT2D eigenvalue weighted by atomic mass is 16.5. The summed E-state index contributed by atoms with van der Waals surface area (Å²) in [4.78, 5) is 38.9. The fraction of sp³-hybridized carbons (Fsp3) is 0.900. The predicted octanol–water partition coefficient (Wildman–Crippen LogP) is 2.59. The van der Waals surface area contributed by atoms with Crippen molar-refractivity contribution in [3.8, 4) is 0 Å². The quantitative estimate of drug-likeness (QED) is 0.394. The lowest BCUT2D eigenvalue weighted by atomic mass is 9.87. The molecule has 1 N–H and O–H groups in total. The minimum absolute atomic E-state index is 0.0468. The van der Waals surface area contributed by atoms with Gasteiger partial charge in [0.15, 0.2) is 0 Å². The van der Waals surface area contributed by atoms with E-state index in [0.717, 1.165) is 64.3 Å². The number of β-amino-alcohol motifs (C(OH)–C–C–N with tert-alkyl or cyclic N) is 1. The van der Waals surface area contributed by atoms with Crippen molar-refractivity contribution >= 4 is 17.7 Å². The molecule has 230 valence electrons. The molecule has 0 amide bonds. The molecule has 10 heteroatoms. The Kier molecular flexibility index (Phi) is 13.8. The summed E-state index contributed by atoms with van der Waals surface area (Å²) >= 11 is 0. The number of ether oxygens (including phenoxy) is 4. The predicted molar refractivity (Wildman–Crippen MR) is 150 cm³/mol. The molecule has 0 bridgehead atoms. The number of carbonyl (C=O) groups excluding carboxylic acids is 3. The second kappa shape index (κ2) is 16.8. The summed E-state index contributed by atoms with van der Waals surface area (Å²) < 4.78 is 22.0. The van der Waals surface area contributed by atoms with Gasteiger partial charge in [0.25, 0.3) is 0 Å². The molecule has 0 aromatic carbocycles. The van der Waals surface area contributed by atoms with Crippen LogP contribution in [0.5, 0.6) is 0 Å². The fourth-order valence-electron chi connectivity index (χ4n) is 6.27. The Morgan fingerprint density at radius 2 is 1.25 bits per heavy atom. The van der Waals surface area contributed by atoms with Gasteiger partial charge in [-0.25, -0.2) is 0 Å². The average Bonchev–Trinajstić information content (AvgIpc) is 3.45. The zero-order valence-electron chi connectivity index (χ0n) is 25.1. The minimum Gasteiger partial charge on any atom is -0.466 e. The second-order valence-corrected chi connectivity index (χ2v) is 11.9. The van der Waals surface area contributed by atoms with Crippen LogP contribution in [-0.2, 0) is 33.3 Å². The normalized spacial score (nSPS) is 33.3. The standard InChI is InChI=1S/C15H27NO4.C15H25NO4/c2*1-3-19-15(18)11-4-6-14(7-5-11)20-10-12-8-13(17)9-16(12)2/h11-14,17H,3-10H2,1-2H3;11-12,14H,3-10H2,1-2H3/t11?,12-,13+,14?;11?,12-,14?/m00/s1. The van der Waals surface area contributed by atoms with Gasteiger partial charge in [0.05, 0.1) is 63.1 Å². The summed E-state index contributed by atoms with van der Waals surface area (Å²) in [5.41, 5.74) is 0. The van der Waals surface area contributed by atoms with Crippen LogP contribution in [0.15, 0.2) is 0 Å². The van der Waals surface area contributed by atoms with Gasteiger partial charge in [0.1, 0.15) is 5.78 Å². The highest BCUT2D eigenvalue weighted by molar-refractivity contribution is 5.83. The lowest BCUT2D eigenvalue weighted by molar-refractivity contribution is -0.151. The summed E-state index contributed by atoms with van der Waals surface area (Å²) in [7, 11) is 4.00. The van der Waals surface area contributed by atoms with E-state index in [1.165, 1.54) is 0 Å². The Balaban J connectivity index is 0.000000220. The molecule has 2 saturated heterocycles. The van der Waals surface area contributed by atoms with E-state index in [1.807, 2.05) is 27.9 Å². The van der Waals surface area contributed by atoms with Gasteiger partial charge in [-0.05, 0) is 85.7 Å². The van der Waals surface area contributed by atoms with E-state index in [9.17, 15) is 19.5 Å². The second-order valence-electron chi connectivity index (χ2n) is 11.9. The largest absolute Gasteiger partial charge is 0.466 e. The zero-order valence-corrected chi connectivity index (χ0v) is 25.1. The van der Waals surface area contributed by atoms with Crippen LogP contribution in [0.4, 0.5) is 0 Å². The molecule has 2 heterocycles. The van der Waals surface area contributed by atoms with Crippen LogP contribution in [0.3, 0.4) is 0 Å². The van der Waals surface area contributed by atoms with Crippen molar-refractivity contribution in [3.63, 3.8) is 0 Å². The molecule has 10 nitrogen and oxygen atoms in total. The molecule has 2 aliphatic carbocycles. The highest BCUT2D eigenvalue weighted by Crippen LogP contribution is 2.29. The number of ketones is 1. The maximum atomic E-state index is 11.7. The van der Waals surface area contributed by atoms with E-state index in [-0.39, 0.29) is 48.1 Å².